The summed E-state index contributed by atoms with van der Waals surface area (Å²) in [4.78, 5) is 10.6. The van der Waals surface area contributed by atoms with Crippen molar-refractivity contribution in [2.45, 2.75) is 12.5 Å². The van der Waals surface area contributed by atoms with Crippen molar-refractivity contribution in [1.29, 1.82) is 0 Å². The number of benzene rings is 2. The fraction of sp³-hybridized carbons (Fsp3) is 0.316. The number of carboxylic acid groups (broad SMARTS) is 1. The van der Waals surface area contributed by atoms with Crippen molar-refractivity contribution >= 4 is 5.97 Å². The van der Waals surface area contributed by atoms with E-state index in [4.69, 9.17) is 14.6 Å². The summed E-state index contributed by atoms with van der Waals surface area (Å²) >= 11 is 0. The molecule has 6 nitrogen and oxygen atoms in total. The number of hydrogen-bond acceptors (Lipinski definition) is 5. The molecule has 25 heavy (non-hydrogen) atoms. The van der Waals surface area contributed by atoms with Gasteiger partial charge in [-0.15, -0.1) is 0 Å². The average molecular weight is 345 g/mol. The van der Waals surface area contributed by atoms with Gasteiger partial charge in [0.05, 0.1) is 6.42 Å². The summed E-state index contributed by atoms with van der Waals surface area (Å²) in [6, 6.07) is 16.3. The zero-order chi connectivity index (χ0) is 17.9. The number of aliphatic hydroxyl groups is 1. The first-order chi connectivity index (χ1) is 12.1. The highest BCUT2D eigenvalue weighted by Gasteiger charge is 2.05. The summed E-state index contributed by atoms with van der Waals surface area (Å²) in [5.74, 6) is 0.563. The van der Waals surface area contributed by atoms with Crippen LogP contribution in [0.3, 0.4) is 0 Å². The van der Waals surface area contributed by atoms with Crippen LogP contribution in [-0.4, -0.2) is 48.6 Å². The first kappa shape index (κ1) is 18.8. The predicted octanol–water partition coefficient (Wildman–Crippen LogP) is 1.72. The lowest BCUT2D eigenvalue weighted by Crippen LogP contribution is -2.33. The van der Waals surface area contributed by atoms with Crippen LogP contribution in [0.1, 0.15) is 5.56 Å². The van der Waals surface area contributed by atoms with E-state index in [1.807, 2.05) is 30.3 Å². The number of hydrogen-bond donors (Lipinski definition) is 3. The Balaban J connectivity index is 1.56. The normalized spacial score (nSPS) is 11.7. The van der Waals surface area contributed by atoms with Crippen LogP contribution in [0.25, 0.3) is 0 Å². The molecule has 0 saturated carbocycles. The van der Waals surface area contributed by atoms with Gasteiger partial charge in [-0.1, -0.05) is 30.3 Å². The summed E-state index contributed by atoms with van der Waals surface area (Å²) < 4.78 is 11.0. The van der Waals surface area contributed by atoms with Gasteiger partial charge in [0.25, 0.3) is 0 Å². The van der Waals surface area contributed by atoms with Crippen molar-refractivity contribution < 1.29 is 24.5 Å². The molecule has 1 atom stereocenters. The second-order valence-corrected chi connectivity index (χ2v) is 5.54. The highest BCUT2D eigenvalue weighted by molar-refractivity contribution is 5.70. The Hall–Kier alpha value is -2.57. The molecule has 0 aliphatic carbocycles. The second kappa shape index (κ2) is 10.3. The first-order valence-electron chi connectivity index (χ1n) is 8.13. The average Bonchev–Trinajstić information content (AvgIpc) is 2.61. The van der Waals surface area contributed by atoms with Crippen molar-refractivity contribution in [3.05, 3.63) is 60.2 Å². The van der Waals surface area contributed by atoms with Gasteiger partial charge in [0.1, 0.15) is 30.8 Å². The van der Waals surface area contributed by atoms with Gasteiger partial charge in [-0.3, -0.25) is 4.79 Å². The maximum Gasteiger partial charge on any atom is 0.307 e. The molecule has 2 rings (SSSR count). The molecular formula is C19H23NO5. The largest absolute Gasteiger partial charge is 0.492 e. The number of nitrogens with one attached hydrogen (secondary N) is 1. The van der Waals surface area contributed by atoms with Crippen LogP contribution >= 0.6 is 0 Å². The molecule has 1 unspecified atom stereocenters. The van der Waals surface area contributed by atoms with Crippen LogP contribution in [0.2, 0.25) is 0 Å². The highest BCUT2D eigenvalue weighted by atomic mass is 16.5. The summed E-state index contributed by atoms with van der Waals surface area (Å²) in [7, 11) is 0. The van der Waals surface area contributed by atoms with E-state index in [1.54, 1.807) is 24.3 Å². The van der Waals surface area contributed by atoms with E-state index in [2.05, 4.69) is 5.32 Å². The van der Waals surface area contributed by atoms with Gasteiger partial charge in [0.2, 0.25) is 0 Å². The molecule has 2 aromatic rings. The van der Waals surface area contributed by atoms with Gasteiger partial charge in [-0.2, -0.15) is 0 Å². The maximum atomic E-state index is 10.6. The number of ether oxygens (including phenoxy) is 2. The van der Waals surface area contributed by atoms with E-state index >= 15 is 0 Å². The van der Waals surface area contributed by atoms with Crippen LogP contribution in [0.5, 0.6) is 11.5 Å². The van der Waals surface area contributed by atoms with Crippen molar-refractivity contribution in [2.75, 3.05) is 26.3 Å². The van der Waals surface area contributed by atoms with E-state index < -0.39 is 12.1 Å². The van der Waals surface area contributed by atoms with Gasteiger partial charge in [0.15, 0.2) is 0 Å². The Bertz CT molecular complexity index is 630. The van der Waals surface area contributed by atoms with Crippen LogP contribution in [0.15, 0.2) is 54.6 Å². The number of carbonyl (C=O) groups is 1. The minimum atomic E-state index is -0.854. The smallest absolute Gasteiger partial charge is 0.307 e. The van der Waals surface area contributed by atoms with Crippen molar-refractivity contribution in [1.82, 2.24) is 5.32 Å². The van der Waals surface area contributed by atoms with Gasteiger partial charge >= 0.3 is 5.97 Å². The molecule has 0 heterocycles. The second-order valence-electron chi connectivity index (χ2n) is 5.54. The predicted molar refractivity (Wildman–Crippen MR) is 94.1 cm³/mol. The zero-order valence-electron chi connectivity index (χ0n) is 13.9. The van der Waals surface area contributed by atoms with E-state index in [-0.39, 0.29) is 13.0 Å². The standard InChI is InChI=1S/C19H23NO5/c21-16(14-25-17-4-2-1-3-5-17)13-20-10-11-24-18-8-6-15(7-9-18)12-19(22)23/h1-9,16,20-21H,10-14H2,(H,22,23). The van der Waals surface area contributed by atoms with E-state index in [9.17, 15) is 9.90 Å². The minimum Gasteiger partial charge on any atom is -0.492 e. The molecule has 0 amide bonds. The molecule has 0 saturated heterocycles. The third kappa shape index (κ3) is 7.69. The number of aliphatic hydroxyl groups excluding tert-OH is 1. The Kier molecular flexibility index (Phi) is 7.75. The fourth-order valence-electron chi connectivity index (χ4n) is 2.16. The summed E-state index contributed by atoms with van der Waals surface area (Å²) in [6.45, 7) is 1.67. The van der Waals surface area contributed by atoms with E-state index in [0.717, 1.165) is 11.3 Å². The molecule has 0 fully saturated rings. The number of para-hydroxylation sites is 1. The molecular weight excluding hydrogens is 322 g/mol. The third-order valence-corrected chi connectivity index (χ3v) is 3.39. The lowest BCUT2D eigenvalue weighted by atomic mass is 10.1. The van der Waals surface area contributed by atoms with Gasteiger partial charge in [-0.25, -0.2) is 0 Å². The summed E-state index contributed by atoms with van der Waals surface area (Å²) in [6.07, 6.45) is -0.597. The van der Waals surface area contributed by atoms with Gasteiger partial charge in [-0.05, 0) is 29.8 Å². The molecule has 0 radical (unpaired) electrons. The van der Waals surface area contributed by atoms with Crippen molar-refractivity contribution in [3.63, 3.8) is 0 Å². The molecule has 134 valence electrons. The summed E-state index contributed by atoms with van der Waals surface area (Å²) in [5.41, 5.74) is 0.736. The Morgan fingerprint density at radius 1 is 1.00 bits per heavy atom. The SMILES string of the molecule is O=C(O)Cc1ccc(OCCNCC(O)COc2ccccc2)cc1. The summed E-state index contributed by atoms with van der Waals surface area (Å²) in [5, 5.41) is 21.7. The van der Waals surface area contributed by atoms with Gasteiger partial charge in [0, 0.05) is 13.1 Å². The van der Waals surface area contributed by atoms with Crippen LogP contribution in [0, 0.1) is 0 Å². The van der Waals surface area contributed by atoms with Gasteiger partial charge < -0.3 is 25.0 Å². The Morgan fingerprint density at radius 2 is 1.68 bits per heavy atom. The Labute approximate surface area is 147 Å². The number of carboxylic acids is 1. The molecule has 0 aliphatic rings. The lowest BCUT2D eigenvalue weighted by molar-refractivity contribution is -0.136. The van der Waals surface area contributed by atoms with Crippen LogP contribution < -0.4 is 14.8 Å². The number of rotatable bonds is 11. The monoisotopic (exact) mass is 345 g/mol. The first-order valence-corrected chi connectivity index (χ1v) is 8.13. The zero-order valence-corrected chi connectivity index (χ0v) is 13.9. The molecule has 3 N–H and O–H groups in total. The van der Waals surface area contributed by atoms with Crippen molar-refractivity contribution in [3.8, 4) is 11.5 Å². The molecule has 6 heteroatoms. The maximum absolute atomic E-state index is 10.6. The van der Waals surface area contributed by atoms with Crippen molar-refractivity contribution in [2.24, 2.45) is 0 Å². The quantitative estimate of drug-likeness (QED) is 0.538. The van der Waals surface area contributed by atoms with Crippen LogP contribution in [0.4, 0.5) is 0 Å². The number of aliphatic carboxylic acids is 1. The topological polar surface area (TPSA) is 88.0 Å². The van der Waals surface area contributed by atoms with E-state index in [0.29, 0.717) is 25.4 Å². The van der Waals surface area contributed by atoms with Crippen LogP contribution in [-0.2, 0) is 11.2 Å². The molecule has 0 spiro atoms. The molecule has 2 aromatic carbocycles. The van der Waals surface area contributed by atoms with E-state index in [1.165, 1.54) is 0 Å². The highest BCUT2D eigenvalue weighted by Crippen LogP contribution is 2.12. The molecule has 0 aromatic heterocycles. The molecule has 0 bridgehead atoms. The Morgan fingerprint density at radius 3 is 2.36 bits per heavy atom. The minimum absolute atomic E-state index is 0.00474. The fourth-order valence-corrected chi connectivity index (χ4v) is 2.16. The third-order valence-electron chi connectivity index (χ3n) is 3.39. The lowest BCUT2D eigenvalue weighted by Gasteiger charge is -2.13. The molecule has 0 aliphatic heterocycles.